The van der Waals surface area contributed by atoms with E-state index in [1.165, 1.54) is 4.68 Å². The van der Waals surface area contributed by atoms with Crippen LogP contribution in [0, 0.1) is 0 Å². The number of hydrogen-bond donors (Lipinski definition) is 2. The maximum atomic E-state index is 13.1. The fourth-order valence-corrected chi connectivity index (χ4v) is 3.85. The van der Waals surface area contributed by atoms with E-state index in [0.29, 0.717) is 38.8 Å². The van der Waals surface area contributed by atoms with Gasteiger partial charge in [-0.05, 0) is 36.2 Å². The number of nitrogens with zero attached hydrogens (tertiary/aromatic N) is 4. The predicted octanol–water partition coefficient (Wildman–Crippen LogP) is 5.67. The topological polar surface area (TPSA) is 98.2 Å². The second kappa shape index (κ2) is 10.2. The molecule has 0 spiro atoms. The Bertz CT molecular complexity index is 1350. The Hall–Kier alpha value is -3.16. The van der Waals surface area contributed by atoms with Gasteiger partial charge in [0.15, 0.2) is 5.65 Å². The molecule has 0 aliphatic rings. The Morgan fingerprint density at radius 3 is 2.58 bits per heavy atom. The second-order valence-electron chi connectivity index (χ2n) is 7.69. The summed E-state index contributed by atoms with van der Waals surface area (Å²) in [6.45, 7) is 2.72. The van der Waals surface area contributed by atoms with E-state index < -0.39 is 0 Å². The quantitative estimate of drug-likeness (QED) is 0.249. The first-order chi connectivity index (χ1) is 16.0. The molecule has 170 valence electrons. The van der Waals surface area contributed by atoms with Crippen LogP contribution in [0.1, 0.15) is 48.5 Å². The lowest BCUT2D eigenvalue weighted by molar-refractivity contribution is 0.0955. The highest BCUT2D eigenvalue weighted by Crippen LogP contribution is 2.28. The minimum absolute atomic E-state index is 0.169. The molecule has 0 atom stereocenters. The summed E-state index contributed by atoms with van der Waals surface area (Å²) in [5.74, 6) is -0.121. The standard InChI is InChI=1S/C24H24Cl2N6O/c1-2-3-4-7-12-28-24(33)20-21-23(31-19-9-6-5-8-18(19)30-21)32(22(20)27)29-14-15-10-11-16(25)17(26)13-15/h5-6,8-11,13-14H,2-4,7,12,27H2,1H3,(H,28,33)/b29-14+. The molecule has 2 aromatic heterocycles. The Balaban J connectivity index is 1.76. The number of hydrogen-bond acceptors (Lipinski definition) is 5. The third-order valence-corrected chi connectivity index (χ3v) is 6.02. The van der Waals surface area contributed by atoms with Gasteiger partial charge in [0.25, 0.3) is 5.91 Å². The van der Waals surface area contributed by atoms with Gasteiger partial charge < -0.3 is 11.1 Å². The molecule has 0 bridgehead atoms. The predicted molar refractivity (Wildman–Crippen MR) is 135 cm³/mol. The number of carbonyl (C=O) groups excluding carboxylic acids is 1. The number of nitrogens with two attached hydrogens (primary N) is 1. The van der Waals surface area contributed by atoms with E-state index in [1.807, 2.05) is 24.3 Å². The summed E-state index contributed by atoms with van der Waals surface area (Å²) in [7, 11) is 0. The summed E-state index contributed by atoms with van der Waals surface area (Å²) in [5.41, 5.74) is 9.56. The number of benzene rings is 2. The van der Waals surface area contributed by atoms with Gasteiger partial charge in [-0.1, -0.05) is 67.6 Å². The van der Waals surface area contributed by atoms with Gasteiger partial charge in [-0.15, -0.1) is 0 Å². The number of nitrogen functional groups attached to an aromatic ring is 1. The molecule has 9 heteroatoms. The summed E-state index contributed by atoms with van der Waals surface area (Å²) in [5, 5.41) is 8.31. The van der Waals surface area contributed by atoms with Crippen LogP contribution >= 0.6 is 23.2 Å². The number of aromatic nitrogens is 3. The van der Waals surface area contributed by atoms with Crippen molar-refractivity contribution in [1.29, 1.82) is 0 Å². The zero-order valence-electron chi connectivity index (χ0n) is 18.2. The third-order valence-electron chi connectivity index (χ3n) is 5.28. The molecule has 3 N–H and O–H groups in total. The summed E-state index contributed by atoms with van der Waals surface area (Å²) < 4.78 is 1.43. The molecule has 0 aliphatic heterocycles. The summed E-state index contributed by atoms with van der Waals surface area (Å²) >= 11 is 12.1. The molecular weight excluding hydrogens is 459 g/mol. The van der Waals surface area contributed by atoms with Crippen molar-refractivity contribution >= 4 is 63.3 Å². The van der Waals surface area contributed by atoms with Crippen molar-refractivity contribution < 1.29 is 4.79 Å². The van der Waals surface area contributed by atoms with Gasteiger partial charge >= 0.3 is 0 Å². The molecule has 0 radical (unpaired) electrons. The Labute approximate surface area is 201 Å². The number of rotatable bonds is 8. The first-order valence-corrected chi connectivity index (χ1v) is 11.6. The largest absolute Gasteiger partial charge is 0.383 e. The molecule has 4 aromatic rings. The zero-order chi connectivity index (χ0) is 23.4. The molecule has 7 nitrogen and oxygen atoms in total. The lowest BCUT2D eigenvalue weighted by Gasteiger charge is -2.05. The molecule has 33 heavy (non-hydrogen) atoms. The highest BCUT2D eigenvalue weighted by molar-refractivity contribution is 6.42. The minimum Gasteiger partial charge on any atom is -0.383 e. The van der Waals surface area contributed by atoms with Gasteiger partial charge in [0.1, 0.15) is 16.9 Å². The average Bonchev–Trinajstić information content (AvgIpc) is 3.08. The number of carbonyl (C=O) groups is 1. The van der Waals surface area contributed by atoms with Crippen molar-refractivity contribution in [3.05, 3.63) is 63.6 Å². The van der Waals surface area contributed by atoms with Crippen LogP contribution in [0.5, 0.6) is 0 Å². The molecule has 0 unspecified atom stereocenters. The van der Waals surface area contributed by atoms with E-state index in [2.05, 4.69) is 27.3 Å². The van der Waals surface area contributed by atoms with E-state index in [0.717, 1.165) is 31.2 Å². The first kappa shape index (κ1) is 23.0. The van der Waals surface area contributed by atoms with E-state index in [-0.39, 0.29) is 17.3 Å². The molecular formula is C24H24Cl2N6O. The van der Waals surface area contributed by atoms with Crippen LogP contribution in [-0.2, 0) is 0 Å². The van der Waals surface area contributed by atoms with E-state index in [1.54, 1.807) is 24.4 Å². The van der Waals surface area contributed by atoms with Gasteiger partial charge in [-0.3, -0.25) is 4.79 Å². The lowest BCUT2D eigenvalue weighted by atomic mass is 10.2. The highest BCUT2D eigenvalue weighted by Gasteiger charge is 2.23. The average molecular weight is 483 g/mol. The molecule has 0 fully saturated rings. The fraction of sp³-hybridized carbons (Fsp3) is 0.250. The zero-order valence-corrected chi connectivity index (χ0v) is 19.7. The van der Waals surface area contributed by atoms with Crippen molar-refractivity contribution in [3.8, 4) is 0 Å². The molecule has 2 aromatic carbocycles. The van der Waals surface area contributed by atoms with Crippen LogP contribution in [0.4, 0.5) is 5.82 Å². The summed E-state index contributed by atoms with van der Waals surface area (Å²) in [4.78, 5) is 22.4. The van der Waals surface area contributed by atoms with Gasteiger partial charge in [0.05, 0.1) is 27.3 Å². The Morgan fingerprint density at radius 1 is 1.09 bits per heavy atom. The third kappa shape index (κ3) is 4.94. The number of halogens is 2. The molecule has 0 aliphatic carbocycles. The van der Waals surface area contributed by atoms with Crippen LogP contribution in [0.2, 0.25) is 10.0 Å². The first-order valence-electron chi connectivity index (χ1n) is 10.8. The second-order valence-corrected chi connectivity index (χ2v) is 8.51. The minimum atomic E-state index is -0.290. The molecule has 0 saturated heterocycles. The maximum Gasteiger partial charge on any atom is 0.257 e. The lowest BCUT2D eigenvalue weighted by Crippen LogP contribution is -2.25. The molecule has 0 saturated carbocycles. The van der Waals surface area contributed by atoms with Crippen molar-refractivity contribution in [2.75, 3.05) is 12.3 Å². The van der Waals surface area contributed by atoms with E-state index in [9.17, 15) is 4.79 Å². The van der Waals surface area contributed by atoms with Gasteiger partial charge in [-0.2, -0.15) is 9.78 Å². The molecule has 2 heterocycles. The van der Waals surface area contributed by atoms with Crippen molar-refractivity contribution in [2.45, 2.75) is 32.6 Å². The molecule has 4 rings (SSSR count). The normalized spacial score (nSPS) is 11.6. The number of anilines is 1. The smallest absolute Gasteiger partial charge is 0.257 e. The summed E-state index contributed by atoms with van der Waals surface area (Å²) in [6.07, 6.45) is 5.82. The van der Waals surface area contributed by atoms with E-state index >= 15 is 0 Å². The van der Waals surface area contributed by atoms with Gasteiger partial charge in [0.2, 0.25) is 0 Å². The van der Waals surface area contributed by atoms with Gasteiger partial charge in [-0.25, -0.2) is 9.97 Å². The van der Waals surface area contributed by atoms with E-state index in [4.69, 9.17) is 28.9 Å². The number of para-hydroxylation sites is 2. The number of amides is 1. The van der Waals surface area contributed by atoms with Crippen LogP contribution < -0.4 is 11.1 Å². The number of fused-ring (bicyclic) bond motifs is 2. The molecule has 1 amide bonds. The van der Waals surface area contributed by atoms with Crippen molar-refractivity contribution in [3.63, 3.8) is 0 Å². The van der Waals surface area contributed by atoms with Crippen LogP contribution in [0.25, 0.3) is 22.2 Å². The van der Waals surface area contributed by atoms with Crippen molar-refractivity contribution in [1.82, 2.24) is 20.0 Å². The van der Waals surface area contributed by atoms with Crippen LogP contribution in [0.3, 0.4) is 0 Å². The highest BCUT2D eigenvalue weighted by atomic mass is 35.5. The van der Waals surface area contributed by atoms with Crippen molar-refractivity contribution in [2.24, 2.45) is 5.10 Å². The maximum absolute atomic E-state index is 13.1. The fourth-order valence-electron chi connectivity index (χ4n) is 3.55. The Morgan fingerprint density at radius 2 is 1.85 bits per heavy atom. The number of unbranched alkanes of at least 4 members (excludes halogenated alkanes) is 3. The number of nitrogens with one attached hydrogen (secondary N) is 1. The van der Waals surface area contributed by atoms with Crippen LogP contribution in [-0.4, -0.2) is 33.3 Å². The Kier molecular flexibility index (Phi) is 7.11. The monoisotopic (exact) mass is 482 g/mol. The SMILES string of the molecule is CCCCCCNC(=O)c1c(N)n(/N=C/c2ccc(Cl)c(Cl)c2)c2nc3ccccc3nc12. The van der Waals surface area contributed by atoms with Gasteiger partial charge in [0, 0.05) is 6.54 Å². The van der Waals surface area contributed by atoms with Crippen LogP contribution in [0.15, 0.2) is 47.6 Å². The summed E-state index contributed by atoms with van der Waals surface area (Å²) in [6, 6.07) is 12.6.